The number of benzene rings is 2. The van der Waals surface area contributed by atoms with Crippen LogP contribution in [0.5, 0.6) is 0 Å². The van der Waals surface area contributed by atoms with Gasteiger partial charge in [-0.3, -0.25) is 0 Å². The number of hydrogen-bond donors (Lipinski definition) is 2. The van der Waals surface area contributed by atoms with E-state index >= 15 is 0 Å². The van der Waals surface area contributed by atoms with Crippen molar-refractivity contribution in [3.05, 3.63) is 71.8 Å². The molecule has 0 spiro atoms. The number of ether oxygens (including phenoxy) is 2. The van der Waals surface area contributed by atoms with Crippen LogP contribution in [-0.4, -0.2) is 61.7 Å². The summed E-state index contributed by atoms with van der Waals surface area (Å²) >= 11 is 0.679. The van der Waals surface area contributed by atoms with E-state index in [2.05, 4.69) is 34.9 Å². The summed E-state index contributed by atoms with van der Waals surface area (Å²) in [5.41, 5.74) is 1.31. The van der Waals surface area contributed by atoms with Gasteiger partial charge in [-0.2, -0.15) is 0 Å². The van der Waals surface area contributed by atoms with E-state index in [0.29, 0.717) is 26.3 Å². The van der Waals surface area contributed by atoms with Crippen molar-refractivity contribution < 1.29 is 19.1 Å². The summed E-state index contributed by atoms with van der Waals surface area (Å²) in [6.45, 7) is 11.2. The molecule has 6 nitrogen and oxygen atoms in total. The molecule has 0 aliphatic rings. The summed E-state index contributed by atoms with van der Waals surface area (Å²) in [6.07, 6.45) is 0.781. The van der Waals surface area contributed by atoms with Crippen LogP contribution in [0.3, 0.4) is 0 Å². The van der Waals surface area contributed by atoms with Gasteiger partial charge in [0, 0.05) is 0 Å². The van der Waals surface area contributed by atoms with E-state index in [1.54, 1.807) is 0 Å². The zero-order valence-electron chi connectivity index (χ0n) is 22.2. The molecule has 2 aromatic rings. The van der Waals surface area contributed by atoms with Crippen LogP contribution in [0, 0.1) is 0 Å². The molecule has 8 heteroatoms. The molecule has 0 aliphatic carbocycles. The SMILES string of the molecule is CC(C)(C)OC(=O)N[C@H](C[Se][Se]C[C@H](Cc1ccccc1)NC(=O)OC(C)(C)C)Cc1ccccc1. The van der Waals surface area contributed by atoms with Crippen LogP contribution < -0.4 is 10.6 Å². The molecule has 0 aliphatic heterocycles. The zero-order chi connectivity index (χ0) is 26.6. The second-order valence-electron chi connectivity index (χ2n) is 10.6. The Hall–Kier alpha value is -1.98. The van der Waals surface area contributed by atoms with Crippen molar-refractivity contribution in [1.29, 1.82) is 0 Å². The van der Waals surface area contributed by atoms with E-state index in [-0.39, 0.29) is 24.3 Å². The Morgan fingerprint density at radius 3 is 1.31 bits per heavy atom. The Morgan fingerprint density at radius 2 is 1.00 bits per heavy atom. The molecule has 0 unspecified atom stereocenters. The molecule has 198 valence electrons. The van der Waals surface area contributed by atoms with Gasteiger partial charge in [-0.1, -0.05) is 0 Å². The van der Waals surface area contributed by atoms with E-state index in [9.17, 15) is 9.59 Å². The van der Waals surface area contributed by atoms with E-state index in [1.807, 2.05) is 77.9 Å². The van der Waals surface area contributed by atoms with Crippen LogP contribution in [0.25, 0.3) is 0 Å². The van der Waals surface area contributed by atoms with Gasteiger partial charge in [-0.15, -0.1) is 0 Å². The first kappa shape index (κ1) is 30.2. The van der Waals surface area contributed by atoms with Gasteiger partial charge >= 0.3 is 228 Å². The van der Waals surface area contributed by atoms with E-state index in [4.69, 9.17) is 9.47 Å². The summed E-state index contributed by atoms with van der Waals surface area (Å²) in [5, 5.41) is 7.98. The van der Waals surface area contributed by atoms with Crippen LogP contribution in [0.2, 0.25) is 10.6 Å². The summed E-state index contributed by atoms with van der Waals surface area (Å²) in [4.78, 5) is 24.9. The van der Waals surface area contributed by atoms with Crippen LogP contribution in [0.15, 0.2) is 60.7 Å². The van der Waals surface area contributed by atoms with Gasteiger partial charge < -0.3 is 0 Å². The fourth-order valence-electron chi connectivity index (χ4n) is 3.31. The maximum absolute atomic E-state index is 12.5. The van der Waals surface area contributed by atoms with Crippen molar-refractivity contribution in [3.8, 4) is 0 Å². The first-order valence-corrected chi connectivity index (χ1v) is 19.0. The molecule has 36 heavy (non-hydrogen) atoms. The van der Waals surface area contributed by atoms with Crippen LogP contribution in [0.1, 0.15) is 52.7 Å². The summed E-state index contributed by atoms with van der Waals surface area (Å²) in [5.74, 6) is 0. The Balaban J connectivity index is 1.96. The van der Waals surface area contributed by atoms with Crippen molar-refractivity contribution >= 4 is 38.4 Å². The van der Waals surface area contributed by atoms with Crippen molar-refractivity contribution in [2.75, 3.05) is 0 Å². The van der Waals surface area contributed by atoms with Gasteiger partial charge in [0.25, 0.3) is 0 Å². The standard InChI is InChI=1S/C28H40N2O4Se2/c1-27(2,3)33-25(31)29-23(17-21-13-9-7-10-14-21)19-35-36-20-24(18-22-15-11-8-12-16-22)30-26(32)34-28(4,5)6/h7-16,23-24H,17-20H2,1-6H3,(H,29,31)(H,30,32)/t23-,24-/m0/s1. The number of carbonyl (C=O) groups excluding carboxylic acids is 2. The quantitative estimate of drug-likeness (QED) is 0.258. The van der Waals surface area contributed by atoms with Gasteiger partial charge in [0.1, 0.15) is 0 Å². The second kappa shape index (κ2) is 14.7. The topological polar surface area (TPSA) is 76.7 Å². The third kappa shape index (κ3) is 13.9. The molecule has 2 N–H and O–H groups in total. The first-order valence-electron chi connectivity index (χ1n) is 12.2. The Bertz CT molecular complexity index is 851. The minimum atomic E-state index is -0.533. The third-order valence-electron chi connectivity index (χ3n) is 4.71. The maximum atomic E-state index is 12.5. The van der Waals surface area contributed by atoms with E-state index < -0.39 is 11.2 Å². The van der Waals surface area contributed by atoms with Gasteiger partial charge in [0.15, 0.2) is 0 Å². The third-order valence-corrected chi connectivity index (χ3v) is 12.1. The number of hydrogen-bond acceptors (Lipinski definition) is 4. The average Bonchev–Trinajstić information content (AvgIpc) is 2.75. The van der Waals surface area contributed by atoms with E-state index in [1.165, 1.54) is 11.1 Å². The molecular weight excluding hydrogens is 586 g/mol. The van der Waals surface area contributed by atoms with Crippen molar-refractivity contribution in [2.24, 2.45) is 0 Å². The molecule has 2 amide bonds. The molecular formula is C28H40N2O4Se2. The normalized spacial score (nSPS) is 13.4. The number of rotatable bonds is 11. The molecule has 0 heterocycles. The second-order valence-corrected chi connectivity index (χ2v) is 18.2. The molecule has 0 radical (unpaired) electrons. The molecule has 2 aromatic carbocycles. The minimum absolute atomic E-state index is 0.00973. The van der Waals surface area contributed by atoms with Crippen LogP contribution >= 0.6 is 0 Å². The molecule has 0 saturated carbocycles. The molecule has 0 bridgehead atoms. The molecule has 0 fully saturated rings. The zero-order valence-corrected chi connectivity index (χ0v) is 25.6. The summed E-state index contributed by atoms with van der Waals surface area (Å²) < 4.78 is 11.0. The fraction of sp³-hybridized carbons (Fsp3) is 0.500. The predicted molar refractivity (Wildman–Crippen MR) is 148 cm³/mol. The Kier molecular flexibility index (Phi) is 12.3. The first-order chi connectivity index (χ1) is 16.9. The molecule has 2 rings (SSSR count). The van der Waals surface area contributed by atoms with Gasteiger partial charge in [-0.25, -0.2) is 0 Å². The average molecular weight is 627 g/mol. The Labute approximate surface area is 227 Å². The van der Waals surface area contributed by atoms with Gasteiger partial charge in [0.2, 0.25) is 0 Å². The van der Waals surface area contributed by atoms with Crippen molar-refractivity contribution in [1.82, 2.24) is 10.6 Å². The van der Waals surface area contributed by atoms with E-state index in [0.717, 1.165) is 23.5 Å². The number of carbonyl (C=O) groups is 2. The molecule has 0 saturated heterocycles. The number of alkyl carbamates (subject to hydrolysis) is 2. The van der Waals surface area contributed by atoms with Crippen LogP contribution in [-0.2, 0) is 22.3 Å². The Morgan fingerprint density at radius 1 is 0.667 bits per heavy atom. The monoisotopic (exact) mass is 628 g/mol. The number of nitrogens with one attached hydrogen (secondary N) is 2. The fourth-order valence-corrected chi connectivity index (χ4v) is 10.9. The summed E-state index contributed by atoms with van der Waals surface area (Å²) in [7, 11) is 0. The number of amides is 2. The van der Waals surface area contributed by atoms with Gasteiger partial charge in [0.05, 0.1) is 0 Å². The van der Waals surface area contributed by atoms with Gasteiger partial charge in [-0.05, 0) is 0 Å². The van der Waals surface area contributed by atoms with Crippen molar-refractivity contribution in [2.45, 2.75) is 88.3 Å². The van der Waals surface area contributed by atoms with Crippen LogP contribution in [0.4, 0.5) is 9.59 Å². The predicted octanol–water partition coefficient (Wildman–Crippen LogP) is 5.42. The van der Waals surface area contributed by atoms with Crippen molar-refractivity contribution in [3.63, 3.8) is 0 Å². The molecule has 2 atom stereocenters. The molecule has 0 aromatic heterocycles. The summed E-state index contributed by atoms with van der Waals surface area (Å²) in [6, 6.07) is 20.4.